The minimum absolute atomic E-state index is 0.256. The Morgan fingerprint density at radius 3 is 2.21 bits per heavy atom. The fraction of sp³-hybridized carbons (Fsp3) is 0.188. The van der Waals surface area contributed by atoms with Gasteiger partial charge in [-0.1, -0.05) is 48.5 Å². The van der Waals surface area contributed by atoms with Crippen LogP contribution in [0.3, 0.4) is 0 Å². The highest BCUT2D eigenvalue weighted by atomic mass is 31.2. The van der Waals surface area contributed by atoms with E-state index >= 15 is 0 Å². The zero-order valence-corrected chi connectivity index (χ0v) is 13.7. The van der Waals surface area contributed by atoms with Crippen molar-refractivity contribution < 1.29 is 23.7 Å². The third-order valence-electron chi connectivity index (χ3n) is 3.19. The summed E-state index contributed by atoms with van der Waals surface area (Å²) in [5, 5.41) is 0. The molecule has 0 radical (unpaired) electrons. The molecule has 0 saturated heterocycles. The number of carbonyl (C=O) groups excluding carboxylic acids is 1. The summed E-state index contributed by atoms with van der Waals surface area (Å²) in [4.78, 5) is 29.8. The van der Waals surface area contributed by atoms with Crippen molar-refractivity contribution in [1.82, 2.24) is 10.9 Å². The Bertz CT molecular complexity index is 690. The van der Waals surface area contributed by atoms with E-state index in [4.69, 9.17) is 9.79 Å². The summed E-state index contributed by atoms with van der Waals surface area (Å²) in [6.07, 6.45) is 0.426. The number of carbonyl (C=O) groups is 1. The van der Waals surface area contributed by atoms with Crippen LogP contribution in [0.15, 0.2) is 60.7 Å². The summed E-state index contributed by atoms with van der Waals surface area (Å²) in [6, 6.07) is 17.5. The summed E-state index contributed by atoms with van der Waals surface area (Å²) in [5.41, 5.74) is 6.72. The van der Waals surface area contributed by atoms with Gasteiger partial charge in [-0.3, -0.25) is 14.7 Å². The largest absolute Gasteiger partial charge is 0.469 e. The average molecular weight is 350 g/mol. The summed E-state index contributed by atoms with van der Waals surface area (Å²) in [6.45, 7) is -0.256. The number of benzene rings is 2. The molecule has 0 aliphatic carbocycles. The molecule has 128 valence electrons. The Labute approximate surface area is 139 Å². The van der Waals surface area contributed by atoms with Gasteiger partial charge in [0.05, 0.1) is 12.6 Å². The first-order valence-corrected chi connectivity index (χ1v) is 8.82. The molecule has 1 atom stereocenters. The number of rotatable bonds is 8. The van der Waals surface area contributed by atoms with Gasteiger partial charge in [-0.25, -0.2) is 9.99 Å². The van der Waals surface area contributed by atoms with Crippen LogP contribution in [0.4, 0.5) is 0 Å². The molecule has 8 heteroatoms. The normalized spacial score (nSPS) is 12.6. The van der Waals surface area contributed by atoms with Crippen molar-refractivity contribution in [3.05, 3.63) is 71.8 Å². The number of phosphoric acid groups is 1. The second-order valence-corrected chi connectivity index (χ2v) is 6.38. The van der Waals surface area contributed by atoms with E-state index in [0.29, 0.717) is 12.0 Å². The van der Waals surface area contributed by atoms with Crippen molar-refractivity contribution in [2.45, 2.75) is 12.5 Å². The van der Waals surface area contributed by atoms with Crippen LogP contribution in [0.2, 0.25) is 0 Å². The number of hydrogen-bond acceptors (Lipinski definition) is 4. The second-order valence-electron chi connectivity index (χ2n) is 5.14. The third kappa shape index (κ3) is 6.62. The van der Waals surface area contributed by atoms with Crippen LogP contribution >= 0.6 is 7.82 Å². The lowest BCUT2D eigenvalue weighted by molar-refractivity contribution is 0.0914. The van der Waals surface area contributed by atoms with Gasteiger partial charge in [0.1, 0.15) is 0 Å². The van der Waals surface area contributed by atoms with E-state index in [9.17, 15) is 9.36 Å². The van der Waals surface area contributed by atoms with E-state index < -0.39 is 13.9 Å². The summed E-state index contributed by atoms with van der Waals surface area (Å²) < 4.78 is 15.5. The van der Waals surface area contributed by atoms with Gasteiger partial charge in [0.2, 0.25) is 0 Å². The Kier molecular flexibility index (Phi) is 6.66. The Hall–Kier alpha value is -2.02. The molecule has 2 rings (SSSR count). The van der Waals surface area contributed by atoms with E-state index in [0.717, 1.165) is 5.56 Å². The molecule has 2 aromatic carbocycles. The van der Waals surface area contributed by atoms with Crippen molar-refractivity contribution in [2.24, 2.45) is 0 Å². The SMILES string of the molecule is O=C(NN[C@@H](COP(=O)(O)O)Cc1ccccc1)c1ccccc1. The van der Waals surface area contributed by atoms with Crippen LogP contribution < -0.4 is 10.9 Å². The molecule has 0 fully saturated rings. The second kappa shape index (κ2) is 8.73. The monoisotopic (exact) mass is 350 g/mol. The molecular formula is C16H19N2O5P. The quantitative estimate of drug-likeness (QED) is 0.426. The van der Waals surface area contributed by atoms with Gasteiger partial charge in [-0.05, 0) is 24.1 Å². The maximum absolute atomic E-state index is 12.0. The highest BCUT2D eigenvalue weighted by Crippen LogP contribution is 2.35. The highest BCUT2D eigenvalue weighted by molar-refractivity contribution is 7.46. The lowest BCUT2D eigenvalue weighted by Gasteiger charge is -2.19. The van der Waals surface area contributed by atoms with Gasteiger partial charge >= 0.3 is 7.82 Å². The minimum Gasteiger partial charge on any atom is -0.303 e. The Morgan fingerprint density at radius 1 is 1.04 bits per heavy atom. The molecule has 0 heterocycles. The molecule has 0 bridgehead atoms. The number of nitrogens with one attached hydrogen (secondary N) is 2. The van der Waals surface area contributed by atoms with Crippen molar-refractivity contribution in [1.29, 1.82) is 0 Å². The lowest BCUT2D eigenvalue weighted by Crippen LogP contribution is -2.47. The van der Waals surface area contributed by atoms with Gasteiger partial charge in [0.15, 0.2) is 0 Å². The molecule has 7 nitrogen and oxygen atoms in total. The van der Waals surface area contributed by atoms with Crippen LogP contribution in [0.5, 0.6) is 0 Å². The molecule has 24 heavy (non-hydrogen) atoms. The molecule has 0 spiro atoms. The molecule has 4 N–H and O–H groups in total. The molecule has 0 saturated carbocycles. The van der Waals surface area contributed by atoms with E-state index in [1.165, 1.54) is 0 Å². The first kappa shape index (κ1) is 18.3. The van der Waals surface area contributed by atoms with Crippen LogP contribution in [-0.2, 0) is 15.5 Å². The van der Waals surface area contributed by atoms with Crippen LogP contribution in [-0.4, -0.2) is 28.3 Å². The zero-order valence-electron chi connectivity index (χ0n) is 12.8. The summed E-state index contributed by atoms with van der Waals surface area (Å²) in [7, 11) is -4.58. The molecular weight excluding hydrogens is 331 g/mol. The fourth-order valence-corrected chi connectivity index (χ4v) is 2.44. The average Bonchev–Trinajstić information content (AvgIpc) is 2.58. The standard InChI is InChI=1S/C16H19N2O5P/c19-16(14-9-5-2-6-10-14)18-17-15(12-23-24(20,21)22)11-13-7-3-1-4-8-13/h1-10,15,17H,11-12H2,(H,18,19)(H2,20,21,22)/t15-/m1/s1. The number of hydrogen-bond donors (Lipinski definition) is 4. The maximum atomic E-state index is 12.0. The molecule has 0 aliphatic rings. The van der Waals surface area contributed by atoms with E-state index in [1.807, 2.05) is 30.3 Å². The Balaban J connectivity index is 1.97. The molecule has 1 amide bonds. The van der Waals surface area contributed by atoms with E-state index in [2.05, 4.69) is 15.4 Å². The molecule has 2 aromatic rings. The third-order valence-corrected chi connectivity index (χ3v) is 3.68. The van der Waals surface area contributed by atoms with Crippen LogP contribution in [0.1, 0.15) is 15.9 Å². The van der Waals surface area contributed by atoms with Crippen molar-refractivity contribution >= 4 is 13.7 Å². The molecule has 0 aromatic heterocycles. The van der Waals surface area contributed by atoms with Gasteiger partial charge in [-0.15, -0.1) is 0 Å². The van der Waals surface area contributed by atoms with Crippen molar-refractivity contribution in [3.8, 4) is 0 Å². The number of hydrazine groups is 1. The predicted octanol–water partition coefficient (Wildman–Crippen LogP) is 1.64. The van der Waals surface area contributed by atoms with E-state index in [-0.39, 0.29) is 12.5 Å². The summed E-state index contributed by atoms with van der Waals surface area (Å²) >= 11 is 0. The Morgan fingerprint density at radius 2 is 1.62 bits per heavy atom. The molecule has 0 unspecified atom stereocenters. The first-order valence-electron chi connectivity index (χ1n) is 7.29. The topological polar surface area (TPSA) is 108 Å². The number of amides is 1. The maximum Gasteiger partial charge on any atom is 0.469 e. The van der Waals surface area contributed by atoms with Crippen LogP contribution in [0.25, 0.3) is 0 Å². The fourth-order valence-electron chi connectivity index (χ4n) is 2.07. The van der Waals surface area contributed by atoms with Gasteiger partial charge in [-0.2, -0.15) is 0 Å². The molecule has 0 aliphatic heterocycles. The zero-order chi connectivity index (χ0) is 17.4. The highest BCUT2D eigenvalue weighted by Gasteiger charge is 2.19. The lowest BCUT2D eigenvalue weighted by atomic mass is 10.1. The van der Waals surface area contributed by atoms with Gasteiger partial charge in [0, 0.05) is 5.56 Å². The summed E-state index contributed by atoms with van der Waals surface area (Å²) in [5.74, 6) is -0.343. The van der Waals surface area contributed by atoms with E-state index in [1.54, 1.807) is 30.3 Å². The predicted molar refractivity (Wildman–Crippen MR) is 89.0 cm³/mol. The smallest absolute Gasteiger partial charge is 0.303 e. The van der Waals surface area contributed by atoms with Crippen molar-refractivity contribution in [3.63, 3.8) is 0 Å². The minimum atomic E-state index is -4.58. The van der Waals surface area contributed by atoms with Gasteiger partial charge in [0.25, 0.3) is 5.91 Å². The number of phosphoric ester groups is 1. The van der Waals surface area contributed by atoms with Gasteiger partial charge < -0.3 is 9.79 Å². The first-order chi connectivity index (χ1) is 11.4. The van der Waals surface area contributed by atoms with Crippen molar-refractivity contribution in [2.75, 3.05) is 6.61 Å². The van der Waals surface area contributed by atoms with Crippen LogP contribution in [0, 0.1) is 0 Å².